The van der Waals surface area contributed by atoms with Gasteiger partial charge in [0.2, 0.25) is 11.9 Å². The summed E-state index contributed by atoms with van der Waals surface area (Å²) in [6, 6.07) is 2.02. The molecule has 0 saturated carbocycles. The van der Waals surface area contributed by atoms with E-state index < -0.39 is 48.1 Å². The minimum Gasteiger partial charge on any atom is -0.440 e. The van der Waals surface area contributed by atoms with Crippen molar-refractivity contribution in [2.24, 2.45) is 5.84 Å². The largest absolute Gasteiger partial charge is 0.440 e. The zero-order valence-electron chi connectivity index (χ0n) is 13.6. The van der Waals surface area contributed by atoms with Gasteiger partial charge in [-0.15, -0.1) is 0 Å². The Bertz CT molecular complexity index is 838. The van der Waals surface area contributed by atoms with Gasteiger partial charge in [-0.25, -0.2) is 5.84 Å². The molecule has 0 spiro atoms. The standard InChI is InChI=1S/C13H9F9N6O/c14-11(15,16)5-2-1-3-6(4-5)24-8-25-9(28-23)27-10(26-8)29-7(12(17,18)19)13(20,21)22/h1-4,7H,23H2,(H2,24,25,26,27,28). The van der Waals surface area contributed by atoms with Crippen molar-refractivity contribution < 1.29 is 44.3 Å². The van der Waals surface area contributed by atoms with Gasteiger partial charge in [-0.2, -0.15) is 54.5 Å². The molecule has 0 aliphatic carbocycles. The first-order chi connectivity index (χ1) is 13.2. The van der Waals surface area contributed by atoms with E-state index in [0.717, 1.165) is 18.2 Å². The van der Waals surface area contributed by atoms with Crippen molar-refractivity contribution >= 4 is 17.6 Å². The predicted octanol–water partition coefficient (Wildman–Crippen LogP) is 3.79. The van der Waals surface area contributed by atoms with Gasteiger partial charge in [0, 0.05) is 5.69 Å². The predicted molar refractivity (Wildman–Crippen MR) is 78.9 cm³/mol. The van der Waals surface area contributed by atoms with E-state index in [9.17, 15) is 39.5 Å². The highest BCUT2D eigenvalue weighted by atomic mass is 19.4. The van der Waals surface area contributed by atoms with Gasteiger partial charge in [-0.05, 0) is 18.2 Å². The van der Waals surface area contributed by atoms with E-state index in [0.29, 0.717) is 6.07 Å². The molecule has 0 fully saturated rings. The molecule has 0 aliphatic rings. The summed E-state index contributed by atoms with van der Waals surface area (Å²) in [5.74, 6) is 3.54. The molecule has 16 heteroatoms. The number of rotatable bonds is 5. The second-order valence-electron chi connectivity index (χ2n) is 5.19. The molecule has 0 saturated heterocycles. The van der Waals surface area contributed by atoms with Crippen LogP contribution in [0.5, 0.6) is 6.01 Å². The highest BCUT2D eigenvalue weighted by Crippen LogP contribution is 2.36. The van der Waals surface area contributed by atoms with Crippen LogP contribution in [0.2, 0.25) is 0 Å². The van der Waals surface area contributed by atoms with E-state index in [1.165, 1.54) is 0 Å². The molecule has 1 aromatic carbocycles. The van der Waals surface area contributed by atoms with Crippen LogP contribution in [0.3, 0.4) is 0 Å². The van der Waals surface area contributed by atoms with E-state index in [4.69, 9.17) is 5.84 Å². The Morgan fingerprint density at radius 3 is 1.97 bits per heavy atom. The first-order valence-corrected chi connectivity index (χ1v) is 7.17. The van der Waals surface area contributed by atoms with Crippen LogP contribution in [0.25, 0.3) is 0 Å². The third kappa shape index (κ3) is 5.97. The number of anilines is 3. The Hall–Kier alpha value is -3.04. The SMILES string of the molecule is NNc1nc(Nc2cccc(C(F)(F)F)c2)nc(OC(C(F)(F)F)C(F)(F)F)n1. The average molecular weight is 436 g/mol. The number of nitrogens with zero attached hydrogens (tertiary/aromatic N) is 3. The quantitative estimate of drug-likeness (QED) is 0.373. The number of ether oxygens (including phenoxy) is 1. The molecule has 2 rings (SSSR count). The minimum absolute atomic E-state index is 0.275. The smallest absolute Gasteiger partial charge is 0.434 e. The topological polar surface area (TPSA) is 98.0 Å². The first kappa shape index (κ1) is 22.3. The Balaban J connectivity index is 2.36. The number of aromatic nitrogens is 3. The molecule has 0 amide bonds. The molecule has 0 unspecified atom stereocenters. The lowest BCUT2D eigenvalue weighted by Gasteiger charge is -2.22. The van der Waals surface area contributed by atoms with Crippen molar-refractivity contribution in [1.82, 2.24) is 15.0 Å². The highest BCUT2D eigenvalue weighted by molar-refractivity contribution is 5.55. The van der Waals surface area contributed by atoms with Gasteiger partial charge >= 0.3 is 24.5 Å². The van der Waals surface area contributed by atoms with Crippen LogP contribution in [0.15, 0.2) is 24.3 Å². The lowest BCUT2D eigenvalue weighted by atomic mass is 10.2. The zero-order valence-corrected chi connectivity index (χ0v) is 13.6. The molecular weight excluding hydrogens is 427 g/mol. The molecular formula is C13H9F9N6O. The summed E-state index contributed by atoms with van der Waals surface area (Å²) in [6.07, 6.45) is -20.7. The van der Waals surface area contributed by atoms with Crippen molar-refractivity contribution in [2.45, 2.75) is 24.6 Å². The van der Waals surface area contributed by atoms with Gasteiger partial charge in [0.25, 0.3) is 6.10 Å². The summed E-state index contributed by atoms with van der Waals surface area (Å²) in [6.45, 7) is 0. The number of nitrogen functional groups attached to an aromatic ring is 1. The molecule has 4 N–H and O–H groups in total. The fourth-order valence-corrected chi connectivity index (χ4v) is 1.86. The first-order valence-electron chi connectivity index (χ1n) is 7.17. The second kappa shape index (κ2) is 7.76. The van der Waals surface area contributed by atoms with E-state index >= 15 is 0 Å². The summed E-state index contributed by atoms with van der Waals surface area (Å²) in [4.78, 5) is 9.80. The summed E-state index contributed by atoms with van der Waals surface area (Å²) in [7, 11) is 0. The van der Waals surface area contributed by atoms with E-state index in [1.807, 2.05) is 0 Å². The number of nitrogens with one attached hydrogen (secondary N) is 2. The highest BCUT2D eigenvalue weighted by Gasteiger charge is 2.59. The van der Waals surface area contributed by atoms with Crippen molar-refractivity contribution in [1.29, 1.82) is 0 Å². The van der Waals surface area contributed by atoms with Crippen LogP contribution >= 0.6 is 0 Å². The Morgan fingerprint density at radius 1 is 0.862 bits per heavy atom. The lowest BCUT2D eigenvalue weighted by Crippen LogP contribution is -2.47. The molecule has 0 atom stereocenters. The molecule has 0 bridgehead atoms. The molecule has 2 aromatic rings. The maximum absolute atomic E-state index is 12.7. The van der Waals surface area contributed by atoms with E-state index in [2.05, 4.69) is 25.0 Å². The Kier molecular flexibility index (Phi) is 5.96. The second-order valence-corrected chi connectivity index (χ2v) is 5.19. The molecule has 0 aliphatic heterocycles. The van der Waals surface area contributed by atoms with Crippen LogP contribution in [-0.4, -0.2) is 33.4 Å². The third-order valence-electron chi connectivity index (χ3n) is 3.01. The summed E-state index contributed by atoms with van der Waals surface area (Å²) < 4.78 is 118. The monoisotopic (exact) mass is 436 g/mol. The molecule has 7 nitrogen and oxygen atoms in total. The van der Waals surface area contributed by atoms with Gasteiger partial charge in [0.1, 0.15) is 0 Å². The number of hydrogen-bond acceptors (Lipinski definition) is 7. The summed E-state index contributed by atoms with van der Waals surface area (Å²) >= 11 is 0. The van der Waals surface area contributed by atoms with Crippen LogP contribution in [0.4, 0.5) is 57.1 Å². The van der Waals surface area contributed by atoms with E-state index in [-0.39, 0.29) is 5.69 Å². The zero-order chi connectivity index (χ0) is 22.0. The maximum Gasteiger partial charge on any atom is 0.434 e. The number of hydrogen-bond donors (Lipinski definition) is 3. The average Bonchev–Trinajstić information content (AvgIpc) is 2.57. The Labute approximate surface area is 155 Å². The molecule has 1 heterocycles. The summed E-state index contributed by atoms with van der Waals surface area (Å²) in [5.41, 5.74) is 0.396. The fraction of sp³-hybridized carbons (Fsp3) is 0.308. The van der Waals surface area contributed by atoms with E-state index in [1.54, 1.807) is 5.43 Å². The Morgan fingerprint density at radius 2 is 1.45 bits per heavy atom. The summed E-state index contributed by atoms with van der Waals surface area (Å²) in [5, 5.41) is 2.18. The number of halogens is 9. The number of hydrazine groups is 1. The van der Waals surface area contributed by atoms with Gasteiger partial charge in [0.05, 0.1) is 5.56 Å². The molecule has 29 heavy (non-hydrogen) atoms. The van der Waals surface area contributed by atoms with Gasteiger partial charge in [-0.1, -0.05) is 6.07 Å². The third-order valence-corrected chi connectivity index (χ3v) is 3.01. The van der Waals surface area contributed by atoms with Crippen LogP contribution in [0.1, 0.15) is 5.56 Å². The van der Waals surface area contributed by atoms with Crippen molar-refractivity contribution in [3.8, 4) is 6.01 Å². The van der Waals surface area contributed by atoms with Crippen molar-refractivity contribution in [2.75, 3.05) is 10.7 Å². The molecule has 160 valence electrons. The number of benzene rings is 1. The van der Waals surface area contributed by atoms with Crippen molar-refractivity contribution in [3.63, 3.8) is 0 Å². The van der Waals surface area contributed by atoms with Gasteiger partial charge < -0.3 is 10.1 Å². The van der Waals surface area contributed by atoms with Crippen LogP contribution in [-0.2, 0) is 6.18 Å². The van der Waals surface area contributed by atoms with Gasteiger partial charge in [0.15, 0.2) is 0 Å². The number of alkyl halides is 9. The van der Waals surface area contributed by atoms with Gasteiger partial charge in [-0.3, -0.25) is 5.43 Å². The normalized spacial score (nSPS) is 12.8. The number of nitrogens with two attached hydrogens (primary N) is 1. The van der Waals surface area contributed by atoms with Crippen molar-refractivity contribution in [3.05, 3.63) is 29.8 Å². The fourth-order valence-electron chi connectivity index (χ4n) is 1.86. The maximum atomic E-state index is 12.7. The van der Waals surface area contributed by atoms with Crippen LogP contribution < -0.4 is 21.3 Å². The molecule has 0 radical (unpaired) electrons. The minimum atomic E-state index is -5.85. The van der Waals surface area contributed by atoms with Crippen LogP contribution in [0, 0.1) is 0 Å². The molecule has 1 aromatic heterocycles. The lowest BCUT2D eigenvalue weighted by molar-refractivity contribution is -0.301.